The molecule has 0 N–H and O–H groups in total. The van der Waals surface area contributed by atoms with Crippen LogP contribution in [0.1, 0.15) is 11.1 Å². The van der Waals surface area contributed by atoms with E-state index in [0.29, 0.717) is 21.5 Å². The molecular weight excluding hydrogens is 496 g/mol. The molecule has 0 aromatic heterocycles. The molecule has 0 bridgehead atoms. The Bertz CT molecular complexity index is 1610. The van der Waals surface area contributed by atoms with Crippen molar-refractivity contribution in [2.75, 3.05) is 0 Å². The van der Waals surface area contributed by atoms with Crippen LogP contribution in [0.4, 0.5) is 0 Å². The van der Waals surface area contributed by atoms with Gasteiger partial charge in [0.25, 0.3) is 0 Å². The summed E-state index contributed by atoms with van der Waals surface area (Å²) in [5.41, 5.74) is 1.84. The summed E-state index contributed by atoms with van der Waals surface area (Å²) in [5.74, 6) is 0.198. The third-order valence-corrected chi connectivity index (χ3v) is 8.31. The van der Waals surface area contributed by atoms with E-state index in [1.165, 1.54) is 24.3 Å². The number of fused-ring (bicyclic) bond motifs is 2. The van der Waals surface area contributed by atoms with Crippen LogP contribution in [0.5, 0.6) is 11.5 Å². The van der Waals surface area contributed by atoms with Gasteiger partial charge in [-0.1, -0.05) is 83.9 Å². The summed E-state index contributed by atoms with van der Waals surface area (Å²) in [4.78, 5) is 0.0343. The second-order valence-electron chi connectivity index (χ2n) is 8.45. The largest absolute Gasteiger partial charge is 0.378 e. The zero-order valence-electron chi connectivity index (χ0n) is 19.5. The van der Waals surface area contributed by atoms with Crippen molar-refractivity contribution in [1.82, 2.24) is 0 Å². The lowest BCUT2D eigenvalue weighted by Gasteiger charge is -2.17. The van der Waals surface area contributed by atoms with E-state index in [-0.39, 0.29) is 21.3 Å². The Labute approximate surface area is 210 Å². The van der Waals surface area contributed by atoms with Crippen molar-refractivity contribution >= 4 is 41.8 Å². The maximum atomic E-state index is 13.2. The number of aryl methyl sites for hydroxylation is 2. The van der Waals surface area contributed by atoms with Gasteiger partial charge in [0.1, 0.15) is 9.79 Å². The Morgan fingerprint density at radius 3 is 1.00 bits per heavy atom. The van der Waals surface area contributed by atoms with Crippen LogP contribution in [0.15, 0.2) is 107 Å². The smallest absolute Gasteiger partial charge is 0.339 e. The summed E-state index contributed by atoms with van der Waals surface area (Å²) < 4.78 is 64.1. The first-order valence-electron chi connectivity index (χ1n) is 11.1. The Hall–Kier alpha value is -3.88. The summed E-state index contributed by atoms with van der Waals surface area (Å²) in [6, 6.07) is 26.3. The molecule has 5 rings (SSSR count). The molecule has 0 spiro atoms. The highest BCUT2D eigenvalue weighted by Crippen LogP contribution is 2.44. The standard InChI is InChI=1S/C28H22O6S2/c1-19-11-15-21(16-12-19)35(29,30)33-27-23-7-3-5-9-25(23)28(26-10-6-4-8-24(26)27)34-36(31,32)22-17-13-20(2)14-18-22/h3-18H,1-2H3. The number of hydrogen-bond acceptors (Lipinski definition) is 6. The third kappa shape index (κ3) is 4.41. The molecule has 0 aliphatic heterocycles. The second kappa shape index (κ2) is 8.96. The molecule has 0 saturated carbocycles. The SMILES string of the molecule is Cc1ccc(S(=O)(=O)Oc2c3ccccc3c(OS(=O)(=O)c3ccc(C)cc3)c3ccccc23)cc1. The highest BCUT2D eigenvalue weighted by Gasteiger charge is 2.25. The minimum atomic E-state index is -4.17. The molecule has 0 aliphatic rings. The molecule has 8 heteroatoms. The Kier molecular flexibility index (Phi) is 5.94. The average molecular weight is 519 g/mol. The zero-order chi connectivity index (χ0) is 25.5. The summed E-state index contributed by atoms with van der Waals surface area (Å²) in [7, 11) is -8.33. The van der Waals surface area contributed by atoms with Crippen LogP contribution in [0, 0.1) is 13.8 Å². The van der Waals surface area contributed by atoms with E-state index in [1.54, 1.807) is 72.8 Å². The molecule has 6 nitrogen and oxygen atoms in total. The first-order chi connectivity index (χ1) is 17.2. The van der Waals surface area contributed by atoms with Gasteiger partial charge in [-0.05, 0) is 38.1 Å². The lowest BCUT2D eigenvalue weighted by atomic mass is 10.0. The second-order valence-corrected chi connectivity index (χ2v) is 11.5. The molecular formula is C28H22O6S2. The Balaban J connectivity index is 1.71. The van der Waals surface area contributed by atoms with Crippen LogP contribution in [-0.4, -0.2) is 16.8 Å². The van der Waals surface area contributed by atoms with Gasteiger partial charge in [-0.25, -0.2) is 0 Å². The van der Waals surface area contributed by atoms with Crippen LogP contribution in [0.25, 0.3) is 21.5 Å². The van der Waals surface area contributed by atoms with Crippen molar-refractivity contribution < 1.29 is 25.2 Å². The highest BCUT2D eigenvalue weighted by molar-refractivity contribution is 7.87. The number of rotatable bonds is 6. The fourth-order valence-corrected chi connectivity index (χ4v) is 5.88. The minimum Gasteiger partial charge on any atom is -0.378 e. The van der Waals surface area contributed by atoms with Crippen LogP contribution in [0.3, 0.4) is 0 Å². The molecule has 0 aliphatic carbocycles. The number of benzene rings is 5. The lowest BCUT2D eigenvalue weighted by molar-refractivity contribution is 0.486. The molecule has 0 fully saturated rings. The van der Waals surface area contributed by atoms with Gasteiger partial charge in [0.05, 0.1) is 0 Å². The quantitative estimate of drug-likeness (QED) is 0.198. The van der Waals surface area contributed by atoms with E-state index in [2.05, 4.69) is 0 Å². The van der Waals surface area contributed by atoms with Crippen LogP contribution >= 0.6 is 0 Å². The molecule has 182 valence electrons. The van der Waals surface area contributed by atoms with Crippen molar-refractivity contribution in [3.8, 4) is 11.5 Å². The third-order valence-electron chi connectivity index (χ3n) is 5.84. The fourth-order valence-electron chi connectivity index (χ4n) is 3.95. The normalized spacial score (nSPS) is 12.1. The first-order valence-corrected chi connectivity index (χ1v) is 13.9. The first kappa shape index (κ1) is 23.8. The Morgan fingerprint density at radius 2 is 0.722 bits per heavy atom. The topological polar surface area (TPSA) is 86.7 Å². The fraction of sp³-hybridized carbons (Fsp3) is 0.0714. The van der Waals surface area contributed by atoms with Gasteiger partial charge >= 0.3 is 20.2 Å². The van der Waals surface area contributed by atoms with Crippen LogP contribution < -0.4 is 8.37 Å². The van der Waals surface area contributed by atoms with E-state index < -0.39 is 20.2 Å². The van der Waals surface area contributed by atoms with Gasteiger partial charge < -0.3 is 8.37 Å². The maximum Gasteiger partial charge on any atom is 0.339 e. The molecule has 0 unspecified atom stereocenters. The Morgan fingerprint density at radius 1 is 0.444 bits per heavy atom. The van der Waals surface area contributed by atoms with Crippen LogP contribution in [-0.2, 0) is 20.2 Å². The van der Waals surface area contributed by atoms with Gasteiger partial charge in [-0.3, -0.25) is 0 Å². The molecule has 0 atom stereocenters. The predicted octanol–water partition coefficient (Wildman–Crippen LogP) is 6.15. The molecule has 36 heavy (non-hydrogen) atoms. The predicted molar refractivity (Wildman–Crippen MR) is 139 cm³/mol. The molecule has 0 saturated heterocycles. The zero-order valence-corrected chi connectivity index (χ0v) is 21.1. The summed E-state index contributed by atoms with van der Waals surface area (Å²) in [5, 5.41) is 1.61. The van der Waals surface area contributed by atoms with Gasteiger partial charge in [-0.15, -0.1) is 0 Å². The van der Waals surface area contributed by atoms with Gasteiger partial charge in [-0.2, -0.15) is 16.8 Å². The van der Waals surface area contributed by atoms with Crippen molar-refractivity contribution in [2.24, 2.45) is 0 Å². The minimum absolute atomic E-state index is 0.0172. The lowest BCUT2D eigenvalue weighted by Crippen LogP contribution is -2.12. The molecule has 0 radical (unpaired) electrons. The van der Waals surface area contributed by atoms with Gasteiger partial charge in [0.15, 0.2) is 11.5 Å². The van der Waals surface area contributed by atoms with E-state index in [4.69, 9.17) is 8.37 Å². The molecule has 5 aromatic rings. The van der Waals surface area contributed by atoms with Crippen molar-refractivity contribution in [1.29, 1.82) is 0 Å². The molecule has 5 aromatic carbocycles. The number of hydrogen-bond donors (Lipinski definition) is 0. The van der Waals surface area contributed by atoms with E-state index in [1.807, 2.05) is 13.8 Å². The monoisotopic (exact) mass is 518 g/mol. The summed E-state index contributed by atoms with van der Waals surface area (Å²) in [6.45, 7) is 3.73. The van der Waals surface area contributed by atoms with Crippen molar-refractivity contribution in [2.45, 2.75) is 23.6 Å². The van der Waals surface area contributed by atoms with Gasteiger partial charge in [0, 0.05) is 21.5 Å². The maximum absolute atomic E-state index is 13.2. The average Bonchev–Trinajstić information content (AvgIpc) is 2.86. The summed E-state index contributed by atoms with van der Waals surface area (Å²) in [6.07, 6.45) is 0. The highest BCUT2D eigenvalue weighted by atomic mass is 32.2. The summed E-state index contributed by atoms with van der Waals surface area (Å²) >= 11 is 0. The molecule has 0 heterocycles. The van der Waals surface area contributed by atoms with E-state index in [0.717, 1.165) is 11.1 Å². The van der Waals surface area contributed by atoms with Gasteiger partial charge in [0.2, 0.25) is 0 Å². The van der Waals surface area contributed by atoms with E-state index >= 15 is 0 Å². The molecule has 0 amide bonds. The van der Waals surface area contributed by atoms with Crippen molar-refractivity contribution in [3.05, 3.63) is 108 Å². The van der Waals surface area contributed by atoms with Crippen molar-refractivity contribution in [3.63, 3.8) is 0 Å². The van der Waals surface area contributed by atoms with E-state index in [9.17, 15) is 16.8 Å². The van der Waals surface area contributed by atoms with Crippen LogP contribution in [0.2, 0.25) is 0 Å².